The normalized spacial score (nSPS) is 14.1. The average molecular weight is 661 g/mol. The Balaban J connectivity index is 1.22. The third-order valence-corrected chi connectivity index (χ3v) is 8.92. The van der Waals surface area contributed by atoms with Crippen molar-refractivity contribution in [3.63, 3.8) is 0 Å². The van der Waals surface area contributed by atoms with Crippen LogP contribution in [0.4, 0.5) is 35.2 Å². The smallest absolute Gasteiger partial charge is 0.416 e. The molecule has 2 aromatic carbocycles. The van der Waals surface area contributed by atoms with Crippen LogP contribution in [0.1, 0.15) is 48.9 Å². The van der Waals surface area contributed by atoms with Gasteiger partial charge in [0, 0.05) is 23.0 Å². The van der Waals surface area contributed by atoms with Gasteiger partial charge in [-0.05, 0) is 54.1 Å². The molecule has 0 aliphatic heterocycles. The van der Waals surface area contributed by atoms with Crippen LogP contribution >= 0.6 is 0 Å². The second-order valence-electron chi connectivity index (χ2n) is 11.1. The number of urea groups is 1. The highest BCUT2D eigenvalue weighted by atomic mass is 32.2. The molecule has 0 spiro atoms. The first-order chi connectivity index (χ1) is 21.9. The number of benzene rings is 2. The van der Waals surface area contributed by atoms with Gasteiger partial charge in [0.2, 0.25) is 21.8 Å². The summed E-state index contributed by atoms with van der Waals surface area (Å²) in [6.45, 7) is 2.15. The number of aryl methyl sites for hydroxylation is 1. The van der Waals surface area contributed by atoms with Gasteiger partial charge in [0.05, 0.1) is 29.8 Å². The lowest BCUT2D eigenvalue weighted by Gasteiger charge is -2.22. The van der Waals surface area contributed by atoms with Crippen molar-refractivity contribution in [1.29, 1.82) is 0 Å². The van der Waals surface area contributed by atoms with E-state index in [1.54, 1.807) is 6.20 Å². The summed E-state index contributed by atoms with van der Waals surface area (Å²) in [4.78, 5) is 21.1. The van der Waals surface area contributed by atoms with E-state index in [9.17, 15) is 26.4 Å². The highest BCUT2D eigenvalue weighted by molar-refractivity contribution is 7.92. The van der Waals surface area contributed by atoms with Crippen LogP contribution in [0.3, 0.4) is 0 Å². The van der Waals surface area contributed by atoms with Crippen molar-refractivity contribution in [3.8, 4) is 17.1 Å². The molecule has 2 aromatic heterocycles. The Kier molecular flexibility index (Phi) is 9.74. The predicted octanol–water partition coefficient (Wildman–Crippen LogP) is 5.77. The lowest BCUT2D eigenvalue weighted by atomic mass is 9.91. The third kappa shape index (κ3) is 8.71. The predicted molar refractivity (Wildman–Crippen MR) is 163 cm³/mol. The number of hydrogen-bond donors (Lipinski definition) is 3. The van der Waals surface area contributed by atoms with Gasteiger partial charge in [0.15, 0.2) is 0 Å². The Morgan fingerprint density at radius 3 is 2.46 bits per heavy atom. The fourth-order valence-corrected chi connectivity index (χ4v) is 6.81. The van der Waals surface area contributed by atoms with Gasteiger partial charge in [-0.2, -0.15) is 18.2 Å². The summed E-state index contributed by atoms with van der Waals surface area (Å²) in [6, 6.07) is 9.47. The number of sulfonamides is 1. The molecule has 2 heterocycles. The summed E-state index contributed by atoms with van der Waals surface area (Å²) >= 11 is 0. The molecular weight excluding hydrogens is 627 g/mol. The number of rotatable bonds is 10. The maximum atomic E-state index is 13.6. The second-order valence-corrected chi connectivity index (χ2v) is 12.8. The van der Waals surface area contributed by atoms with Crippen molar-refractivity contribution in [2.24, 2.45) is 5.92 Å². The first kappa shape index (κ1) is 32.7. The molecule has 1 aliphatic rings. The quantitative estimate of drug-likeness (QED) is 0.181. The summed E-state index contributed by atoms with van der Waals surface area (Å²) in [5, 5.41) is 8.56. The fraction of sp³-hybridized carbons (Fsp3) is 0.367. The van der Waals surface area contributed by atoms with Crippen molar-refractivity contribution in [1.82, 2.24) is 15.2 Å². The van der Waals surface area contributed by atoms with Crippen molar-refractivity contribution in [2.45, 2.75) is 51.7 Å². The molecule has 46 heavy (non-hydrogen) atoms. The molecule has 0 bridgehead atoms. The number of aromatic nitrogens is 4. The maximum Gasteiger partial charge on any atom is 0.416 e. The van der Waals surface area contributed by atoms with Crippen LogP contribution in [0.2, 0.25) is 0 Å². The topological polar surface area (TPSA) is 152 Å². The molecule has 1 saturated carbocycles. The van der Waals surface area contributed by atoms with E-state index < -0.39 is 27.8 Å². The maximum absolute atomic E-state index is 13.6. The van der Waals surface area contributed by atoms with Crippen LogP contribution in [0.15, 0.2) is 59.4 Å². The molecule has 2 amide bonds. The van der Waals surface area contributed by atoms with E-state index in [4.69, 9.17) is 9.26 Å². The molecule has 0 saturated heterocycles. The summed E-state index contributed by atoms with van der Waals surface area (Å²) in [5.41, 5.74) is 1.68. The van der Waals surface area contributed by atoms with Gasteiger partial charge >= 0.3 is 24.1 Å². The molecule has 0 unspecified atom stereocenters. The molecule has 3 N–H and O–H groups in total. The number of amides is 2. The van der Waals surface area contributed by atoms with Crippen LogP contribution in [-0.4, -0.2) is 42.6 Å². The number of ether oxygens (including phenoxy) is 1. The van der Waals surface area contributed by atoms with E-state index in [2.05, 4.69) is 30.6 Å². The number of carbonyl (C=O) groups is 1. The molecule has 5 rings (SSSR count). The van der Waals surface area contributed by atoms with Crippen LogP contribution in [0.25, 0.3) is 11.1 Å². The number of hydrogen-bond acceptors (Lipinski definition) is 8. The first-order valence-corrected chi connectivity index (χ1v) is 16.2. The number of nitrogens with zero attached hydrogens (tertiary/aromatic N) is 4. The third-order valence-electron chi connectivity index (χ3n) is 7.47. The van der Waals surface area contributed by atoms with Crippen molar-refractivity contribution in [3.05, 3.63) is 71.7 Å². The molecular formula is C30H33F3N7O5S+. The van der Waals surface area contributed by atoms with E-state index in [-0.39, 0.29) is 34.9 Å². The number of anilines is 3. The van der Waals surface area contributed by atoms with Crippen LogP contribution in [0.5, 0.6) is 6.01 Å². The zero-order valence-corrected chi connectivity index (χ0v) is 25.9. The van der Waals surface area contributed by atoms with Crippen molar-refractivity contribution >= 4 is 33.3 Å². The number of alkyl halides is 3. The van der Waals surface area contributed by atoms with Gasteiger partial charge in [-0.3, -0.25) is 14.6 Å². The molecule has 16 heteroatoms. The monoisotopic (exact) mass is 660 g/mol. The summed E-state index contributed by atoms with van der Waals surface area (Å²) in [5.74, 6) is -0.303. The number of carbonyl (C=O) groups excluding carboxylic acids is 1. The number of halogens is 3. The molecule has 244 valence electrons. The lowest BCUT2D eigenvalue weighted by molar-refractivity contribution is -0.754. The summed E-state index contributed by atoms with van der Waals surface area (Å²) in [6.07, 6.45) is 2.70. The number of nitrogens with one attached hydrogen (secondary N) is 3. The molecule has 0 atom stereocenters. The van der Waals surface area contributed by atoms with Crippen LogP contribution in [0, 0.1) is 12.8 Å². The van der Waals surface area contributed by atoms with E-state index in [1.165, 1.54) is 18.0 Å². The first-order valence-electron chi connectivity index (χ1n) is 14.5. The zero-order chi connectivity index (χ0) is 32.9. The summed E-state index contributed by atoms with van der Waals surface area (Å²) in [7, 11) is -2.42. The standard InChI is InChI=1S/C30H32F3N7O5S/c1-19-26(15-34-29(35-19)44-2)22-10-8-20(9-11-22)16-40-17-27(45-39-40)37-28(41)36-24-12-23(30(31,32)33)13-25(14-24)38-46(42,43)18-21-6-4-3-5-7-21/h8-15,17,21,38H,3-7,16,18H2,1-2H3,(H-,36,37,39,41)/p+1. The second kappa shape index (κ2) is 13.7. The van der Waals surface area contributed by atoms with E-state index in [1.807, 2.05) is 31.2 Å². The van der Waals surface area contributed by atoms with E-state index in [0.29, 0.717) is 18.7 Å². The molecule has 0 radical (unpaired) electrons. The van der Waals surface area contributed by atoms with Gasteiger partial charge in [0.1, 0.15) is 0 Å². The average Bonchev–Trinajstić information content (AvgIpc) is 3.43. The Hall–Kier alpha value is -4.73. The van der Waals surface area contributed by atoms with Gasteiger partial charge in [-0.15, -0.1) is 0 Å². The largest absolute Gasteiger partial charge is 0.467 e. The van der Waals surface area contributed by atoms with Gasteiger partial charge < -0.3 is 10.1 Å². The summed E-state index contributed by atoms with van der Waals surface area (Å²) < 4.78 is 80.2. The van der Waals surface area contributed by atoms with Crippen LogP contribution < -0.4 is 24.8 Å². The van der Waals surface area contributed by atoms with Crippen molar-refractivity contribution < 1.29 is 40.3 Å². The lowest BCUT2D eigenvalue weighted by Crippen LogP contribution is -2.35. The van der Waals surface area contributed by atoms with E-state index >= 15 is 0 Å². The Morgan fingerprint density at radius 2 is 1.78 bits per heavy atom. The van der Waals surface area contributed by atoms with E-state index in [0.717, 1.165) is 60.6 Å². The highest BCUT2D eigenvalue weighted by Crippen LogP contribution is 2.34. The number of methoxy groups -OCH3 is 1. The van der Waals surface area contributed by atoms with Gasteiger partial charge in [-0.1, -0.05) is 43.5 Å². The zero-order valence-electron chi connectivity index (χ0n) is 25.1. The molecule has 1 fully saturated rings. The van der Waals surface area contributed by atoms with Gasteiger partial charge in [-0.25, -0.2) is 18.2 Å². The Bertz CT molecular complexity index is 1790. The Morgan fingerprint density at radius 1 is 1.07 bits per heavy atom. The Labute approximate surface area is 263 Å². The van der Waals surface area contributed by atoms with Gasteiger partial charge in [0.25, 0.3) is 6.20 Å². The highest BCUT2D eigenvalue weighted by Gasteiger charge is 2.32. The molecule has 12 nitrogen and oxygen atoms in total. The van der Waals surface area contributed by atoms with Crippen LogP contribution in [-0.2, 0) is 22.7 Å². The minimum Gasteiger partial charge on any atom is -0.467 e. The van der Waals surface area contributed by atoms with Crippen molar-refractivity contribution in [2.75, 3.05) is 28.2 Å². The molecule has 4 aromatic rings. The molecule has 1 aliphatic carbocycles. The minimum atomic E-state index is -4.78. The minimum absolute atomic E-state index is 0.0526. The fourth-order valence-electron chi connectivity index (χ4n) is 5.29. The SMILES string of the molecule is COc1ncc(-c2ccc(C[n+]3cc(NC(=O)Nc4cc(NS(=O)(=O)CC5CCCCC5)cc(C(F)(F)F)c4)on3)cc2)c(C)n1.